The number of hydrogen-bond acceptors (Lipinski definition) is 7. The van der Waals surface area contributed by atoms with Gasteiger partial charge in [-0.15, -0.1) is 11.3 Å². The van der Waals surface area contributed by atoms with Gasteiger partial charge >= 0.3 is 12.2 Å². The number of likely N-dealkylation sites (tertiary alicyclic amines) is 2. The Kier molecular flexibility index (Phi) is 10.2. The number of benzene rings is 1. The zero-order chi connectivity index (χ0) is 33.3. The van der Waals surface area contributed by atoms with E-state index in [1.807, 2.05) is 16.3 Å². The molecule has 10 nitrogen and oxygen atoms in total. The number of hydrogen-bond donors (Lipinski definition) is 3. The summed E-state index contributed by atoms with van der Waals surface area (Å²) in [6.45, 7) is 6.24. The second kappa shape index (κ2) is 14.2. The lowest BCUT2D eigenvalue weighted by Crippen LogP contribution is -2.53. The molecule has 256 valence electrons. The van der Waals surface area contributed by atoms with Crippen LogP contribution in [0, 0.1) is 5.92 Å². The average molecular weight is 696 g/mol. The Balaban J connectivity index is 1.13. The highest BCUT2D eigenvalue weighted by Gasteiger charge is 2.38. The molecular weight excluding hydrogens is 655 g/mol. The highest BCUT2D eigenvalue weighted by atomic mass is 35.5. The number of nitrogens with one attached hydrogen (secondary N) is 2. The first-order valence-electron chi connectivity index (χ1n) is 16.3. The van der Waals surface area contributed by atoms with Gasteiger partial charge in [-0.3, -0.25) is 14.5 Å². The van der Waals surface area contributed by atoms with Gasteiger partial charge in [-0.25, -0.2) is 4.79 Å². The SMILES string of the molecule is Nc1c(Cl)cc(C[C@@H](CC(=O)N2CCC(N3Cc4sccc4NC3=O)CC2)C(=O)N2CCC(N3CCNCC3)CC2)cc1C(F)(F)F. The Morgan fingerprint density at radius 2 is 1.66 bits per heavy atom. The molecule has 3 fully saturated rings. The van der Waals surface area contributed by atoms with Gasteiger partial charge in [0.1, 0.15) is 0 Å². The Bertz CT molecular complexity index is 1470. The number of nitrogen functional groups attached to an aromatic ring is 1. The largest absolute Gasteiger partial charge is 0.418 e. The van der Waals surface area contributed by atoms with Crippen LogP contribution in [0.1, 0.15) is 48.1 Å². The number of alkyl halides is 3. The van der Waals surface area contributed by atoms with Crippen molar-refractivity contribution in [3.63, 3.8) is 0 Å². The summed E-state index contributed by atoms with van der Waals surface area (Å²) >= 11 is 7.72. The van der Waals surface area contributed by atoms with Crippen molar-refractivity contribution in [3.8, 4) is 0 Å². The van der Waals surface area contributed by atoms with E-state index >= 15 is 0 Å². The van der Waals surface area contributed by atoms with Crippen LogP contribution in [-0.2, 0) is 28.7 Å². The van der Waals surface area contributed by atoms with Crippen LogP contribution < -0.4 is 16.4 Å². The van der Waals surface area contributed by atoms with Gasteiger partial charge in [-0.05, 0) is 61.2 Å². The molecule has 5 heterocycles. The Labute approximate surface area is 281 Å². The van der Waals surface area contributed by atoms with E-state index in [1.165, 1.54) is 6.07 Å². The van der Waals surface area contributed by atoms with Crippen LogP contribution in [0.2, 0.25) is 5.02 Å². The van der Waals surface area contributed by atoms with Crippen LogP contribution in [0.25, 0.3) is 0 Å². The van der Waals surface area contributed by atoms with Crippen molar-refractivity contribution >= 4 is 52.2 Å². The first-order valence-corrected chi connectivity index (χ1v) is 17.5. The number of rotatable bonds is 7. The molecule has 0 radical (unpaired) electrons. The van der Waals surface area contributed by atoms with Crippen molar-refractivity contribution in [2.45, 2.75) is 63.3 Å². The molecular formula is C32H41ClF3N7O3S. The molecule has 4 amide bonds. The summed E-state index contributed by atoms with van der Waals surface area (Å²) in [4.78, 5) is 49.3. The minimum Gasteiger partial charge on any atom is -0.397 e. The fourth-order valence-corrected chi connectivity index (χ4v) is 8.43. The van der Waals surface area contributed by atoms with Gasteiger partial charge in [0.2, 0.25) is 11.8 Å². The maximum absolute atomic E-state index is 14.0. The molecule has 0 unspecified atom stereocenters. The predicted molar refractivity (Wildman–Crippen MR) is 175 cm³/mol. The standard InChI is InChI=1S/C32H41ClF3N7O3S/c33-25-17-20(16-24(29(25)37)32(34,35)36)15-21(30(45)42-10-1-22(2-11-42)40-12-6-38-7-13-40)18-28(44)41-8-3-23(4-9-41)43-19-27-26(5-14-47-27)39-31(43)46/h5,14,16-17,21-23,38H,1-4,6-13,15,18-19,37H2,(H,39,46)/t21-/m0/s1. The molecule has 0 saturated carbocycles. The number of nitrogens with zero attached hydrogens (tertiary/aromatic N) is 4. The molecule has 15 heteroatoms. The highest BCUT2D eigenvalue weighted by molar-refractivity contribution is 7.10. The molecule has 3 saturated heterocycles. The zero-order valence-corrected chi connectivity index (χ0v) is 27.7. The van der Waals surface area contributed by atoms with Crippen molar-refractivity contribution < 1.29 is 27.6 Å². The molecule has 4 aliphatic heterocycles. The van der Waals surface area contributed by atoms with Gasteiger partial charge < -0.3 is 31.1 Å². The molecule has 47 heavy (non-hydrogen) atoms. The third-order valence-corrected chi connectivity index (χ3v) is 11.2. The molecule has 1 aromatic carbocycles. The summed E-state index contributed by atoms with van der Waals surface area (Å²) in [5.74, 6) is -1.31. The summed E-state index contributed by atoms with van der Waals surface area (Å²) in [5.41, 5.74) is 5.11. The van der Waals surface area contributed by atoms with E-state index in [-0.39, 0.29) is 47.3 Å². The van der Waals surface area contributed by atoms with Gasteiger partial charge in [0, 0.05) is 75.7 Å². The zero-order valence-electron chi connectivity index (χ0n) is 26.2. The average Bonchev–Trinajstić information content (AvgIpc) is 3.52. The molecule has 0 bridgehead atoms. The fraction of sp³-hybridized carbons (Fsp3) is 0.594. The number of amides is 4. The molecule has 1 aromatic heterocycles. The van der Waals surface area contributed by atoms with E-state index in [4.69, 9.17) is 17.3 Å². The third-order valence-electron chi connectivity index (χ3n) is 10.0. The van der Waals surface area contributed by atoms with Crippen LogP contribution in [0.15, 0.2) is 23.6 Å². The Hall–Kier alpha value is -3.07. The van der Waals surface area contributed by atoms with E-state index in [2.05, 4.69) is 15.5 Å². The minimum absolute atomic E-state index is 0.0265. The predicted octanol–water partition coefficient (Wildman–Crippen LogP) is 4.49. The van der Waals surface area contributed by atoms with Gasteiger partial charge in [0.05, 0.1) is 34.4 Å². The lowest BCUT2D eigenvalue weighted by atomic mass is 9.91. The second-order valence-corrected chi connectivity index (χ2v) is 14.3. The van der Waals surface area contributed by atoms with Crippen molar-refractivity contribution in [1.82, 2.24) is 24.9 Å². The first-order chi connectivity index (χ1) is 22.5. The van der Waals surface area contributed by atoms with Gasteiger partial charge in [0.25, 0.3) is 0 Å². The van der Waals surface area contributed by atoms with Gasteiger partial charge in [0.15, 0.2) is 0 Å². The summed E-state index contributed by atoms with van der Waals surface area (Å²) in [7, 11) is 0. The van der Waals surface area contributed by atoms with Gasteiger partial charge in [-0.1, -0.05) is 11.6 Å². The molecule has 6 rings (SSSR count). The van der Waals surface area contributed by atoms with E-state index in [9.17, 15) is 27.6 Å². The van der Waals surface area contributed by atoms with E-state index < -0.39 is 23.3 Å². The molecule has 1 atom stereocenters. The number of halogens is 4. The molecule has 0 spiro atoms. The van der Waals surface area contributed by atoms with Crippen molar-refractivity contribution in [3.05, 3.63) is 44.6 Å². The van der Waals surface area contributed by atoms with Crippen molar-refractivity contribution in [2.24, 2.45) is 5.92 Å². The van der Waals surface area contributed by atoms with E-state index in [0.29, 0.717) is 51.6 Å². The summed E-state index contributed by atoms with van der Waals surface area (Å²) in [5, 5.41) is 8.01. The highest BCUT2D eigenvalue weighted by Crippen LogP contribution is 2.39. The third kappa shape index (κ3) is 7.65. The lowest BCUT2D eigenvalue weighted by molar-refractivity contribution is -0.143. The van der Waals surface area contributed by atoms with Crippen molar-refractivity contribution in [1.29, 1.82) is 0 Å². The maximum atomic E-state index is 14.0. The molecule has 4 N–H and O–H groups in total. The number of fused-ring (bicyclic) bond motifs is 1. The molecule has 4 aliphatic rings. The van der Waals surface area contributed by atoms with Crippen LogP contribution in [0.5, 0.6) is 0 Å². The van der Waals surface area contributed by atoms with Crippen LogP contribution in [-0.4, -0.2) is 102 Å². The van der Waals surface area contributed by atoms with Crippen LogP contribution in [0.4, 0.5) is 29.3 Å². The summed E-state index contributed by atoms with van der Waals surface area (Å²) in [6.07, 6.45) is -2.11. The first kappa shape index (κ1) is 33.8. The number of piperidine rings is 2. The second-order valence-electron chi connectivity index (χ2n) is 12.9. The van der Waals surface area contributed by atoms with E-state index in [1.54, 1.807) is 21.1 Å². The molecule has 2 aromatic rings. The molecule has 0 aliphatic carbocycles. The monoisotopic (exact) mass is 695 g/mol. The summed E-state index contributed by atoms with van der Waals surface area (Å²) in [6, 6.07) is 4.40. The van der Waals surface area contributed by atoms with Crippen LogP contribution in [0.3, 0.4) is 0 Å². The number of carbonyl (C=O) groups is 3. The van der Waals surface area contributed by atoms with Gasteiger partial charge in [-0.2, -0.15) is 13.2 Å². The Morgan fingerprint density at radius 3 is 2.34 bits per heavy atom. The maximum Gasteiger partial charge on any atom is 0.418 e. The minimum atomic E-state index is -4.72. The smallest absolute Gasteiger partial charge is 0.397 e. The van der Waals surface area contributed by atoms with E-state index in [0.717, 1.165) is 55.7 Å². The number of thiophene rings is 1. The number of nitrogens with two attached hydrogens (primary N) is 1. The number of carbonyl (C=O) groups excluding carboxylic acids is 3. The number of anilines is 2. The fourth-order valence-electron chi connectivity index (χ4n) is 7.36. The quantitative estimate of drug-likeness (QED) is 0.368. The Morgan fingerprint density at radius 1 is 1.00 bits per heavy atom. The normalized spacial score (nSPS) is 21.0. The number of urea groups is 1. The van der Waals surface area contributed by atoms with Crippen LogP contribution >= 0.6 is 22.9 Å². The lowest BCUT2D eigenvalue weighted by Gasteiger charge is -2.41. The topological polar surface area (TPSA) is 114 Å². The number of piperazine rings is 1. The van der Waals surface area contributed by atoms with Crippen molar-refractivity contribution in [2.75, 3.05) is 63.4 Å². The summed E-state index contributed by atoms with van der Waals surface area (Å²) < 4.78 is 41.3.